The minimum absolute atomic E-state index is 0.487. The molecule has 7 aromatic carbocycles. The number of nitriles is 2. The van der Waals surface area contributed by atoms with Gasteiger partial charge in [0.15, 0.2) is 5.69 Å². The van der Waals surface area contributed by atoms with Crippen LogP contribution in [0.3, 0.4) is 0 Å². The lowest BCUT2D eigenvalue weighted by molar-refractivity contribution is 1.18. The summed E-state index contributed by atoms with van der Waals surface area (Å²) < 4.78 is 4.47. The van der Waals surface area contributed by atoms with Gasteiger partial charge in [-0.1, -0.05) is 78.9 Å². The maximum absolute atomic E-state index is 10.1. The van der Waals surface area contributed by atoms with Gasteiger partial charge in [0.25, 0.3) is 0 Å². The molecule has 0 atom stereocenters. The Morgan fingerprint density at radius 1 is 0.460 bits per heavy atom. The number of benzene rings is 7. The highest BCUT2D eigenvalue weighted by Crippen LogP contribution is 2.42. The van der Waals surface area contributed by atoms with Gasteiger partial charge in [0.1, 0.15) is 0 Å². The zero-order valence-corrected chi connectivity index (χ0v) is 26.7. The SMILES string of the molecule is [C-]#[N+]c1cc(-c2cc(C#N)ccc2-c2ccccc2-n2c3ccccc3c3ccccc32)cc(-n2c3ccccc3c3cc(C#N)ccc32)c1. The van der Waals surface area contributed by atoms with Gasteiger partial charge < -0.3 is 9.13 Å². The molecule has 0 amide bonds. The molecule has 0 spiro atoms. The fraction of sp³-hybridized carbons (Fsp3) is 0. The fourth-order valence-electron chi connectivity index (χ4n) is 7.43. The van der Waals surface area contributed by atoms with Crippen LogP contribution in [0.4, 0.5) is 5.69 Å². The molecule has 5 nitrogen and oxygen atoms in total. The van der Waals surface area contributed by atoms with E-state index in [0.717, 1.165) is 66.5 Å². The number of nitrogens with zero attached hydrogens (tertiary/aromatic N) is 5. The van der Waals surface area contributed by atoms with Crippen molar-refractivity contribution >= 4 is 49.3 Å². The molecule has 0 fully saturated rings. The van der Waals surface area contributed by atoms with Crippen LogP contribution in [0.2, 0.25) is 0 Å². The van der Waals surface area contributed by atoms with Crippen LogP contribution in [0, 0.1) is 29.2 Å². The van der Waals surface area contributed by atoms with E-state index in [0.29, 0.717) is 16.8 Å². The summed E-state index contributed by atoms with van der Waals surface area (Å²) >= 11 is 0. The molecule has 0 saturated carbocycles. The predicted molar refractivity (Wildman–Crippen MR) is 202 cm³/mol. The molecule has 0 aliphatic carbocycles. The average molecular weight is 636 g/mol. The molecule has 5 heteroatoms. The van der Waals surface area contributed by atoms with Crippen LogP contribution in [0.15, 0.2) is 152 Å². The van der Waals surface area contributed by atoms with E-state index in [4.69, 9.17) is 6.57 Å². The highest BCUT2D eigenvalue weighted by Gasteiger charge is 2.19. The van der Waals surface area contributed by atoms with Crippen LogP contribution < -0.4 is 0 Å². The molecule has 0 aliphatic rings. The average Bonchev–Trinajstić information content (AvgIpc) is 3.70. The van der Waals surface area contributed by atoms with Crippen LogP contribution in [0.25, 0.3) is 82.1 Å². The maximum Gasteiger partial charge on any atom is 0.189 e. The highest BCUT2D eigenvalue weighted by atomic mass is 15.0. The van der Waals surface area contributed by atoms with Gasteiger partial charge in [0.05, 0.1) is 57.6 Å². The van der Waals surface area contributed by atoms with Gasteiger partial charge >= 0.3 is 0 Å². The van der Waals surface area contributed by atoms with Crippen molar-refractivity contribution in [1.82, 2.24) is 9.13 Å². The van der Waals surface area contributed by atoms with E-state index in [9.17, 15) is 10.5 Å². The van der Waals surface area contributed by atoms with E-state index in [-0.39, 0.29) is 0 Å². The lowest BCUT2D eigenvalue weighted by Crippen LogP contribution is -1.99. The smallest absolute Gasteiger partial charge is 0.189 e. The molecule has 0 aliphatic heterocycles. The van der Waals surface area contributed by atoms with E-state index in [1.165, 1.54) is 10.8 Å². The summed E-state index contributed by atoms with van der Waals surface area (Å²) in [5, 5.41) is 24.1. The minimum Gasteiger partial charge on any atom is -0.310 e. The van der Waals surface area contributed by atoms with Crippen molar-refractivity contribution in [2.45, 2.75) is 0 Å². The summed E-state index contributed by atoms with van der Waals surface area (Å²) in [6.45, 7) is 8.11. The number of fused-ring (bicyclic) bond motifs is 6. The molecule has 9 aromatic rings. The molecule has 2 heterocycles. The number of para-hydroxylation sites is 4. The van der Waals surface area contributed by atoms with Gasteiger partial charge in [-0.3, -0.25) is 0 Å². The lowest BCUT2D eigenvalue weighted by atomic mass is 9.91. The van der Waals surface area contributed by atoms with Crippen molar-refractivity contribution in [3.05, 3.63) is 174 Å². The summed E-state index contributed by atoms with van der Waals surface area (Å²) in [5.41, 5.74) is 11.3. The first-order valence-electron chi connectivity index (χ1n) is 16.3. The molecule has 0 radical (unpaired) electrons. The van der Waals surface area contributed by atoms with Crippen molar-refractivity contribution < 1.29 is 0 Å². The van der Waals surface area contributed by atoms with Crippen LogP contribution in [0.5, 0.6) is 0 Å². The quantitative estimate of drug-likeness (QED) is 0.181. The molecule has 0 unspecified atom stereocenters. The lowest BCUT2D eigenvalue weighted by Gasteiger charge is -2.18. The zero-order valence-electron chi connectivity index (χ0n) is 26.7. The van der Waals surface area contributed by atoms with Crippen LogP contribution in [0.1, 0.15) is 11.1 Å². The Morgan fingerprint density at radius 3 is 1.70 bits per heavy atom. The molecule has 0 bridgehead atoms. The third kappa shape index (κ3) is 4.38. The van der Waals surface area contributed by atoms with E-state index in [1.807, 2.05) is 66.7 Å². The zero-order chi connectivity index (χ0) is 33.8. The first kappa shape index (κ1) is 28.8. The largest absolute Gasteiger partial charge is 0.310 e. The van der Waals surface area contributed by atoms with Gasteiger partial charge in [-0.05, 0) is 89.5 Å². The molecular formula is C45H25N5. The van der Waals surface area contributed by atoms with Crippen molar-refractivity contribution in [3.8, 4) is 45.8 Å². The summed E-state index contributed by atoms with van der Waals surface area (Å²) in [6.07, 6.45) is 0. The molecule has 2 aromatic heterocycles. The second-order valence-corrected chi connectivity index (χ2v) is 12.3. The molecule has 50 heavy (non-hydrogen) atoms. The number of hydrogen-bond donors (Lipinski definition) is 0. The van der Waals surface area contributed by atoms with Gasteiger partial charge in [0, 0.05) is 32.8 Å². The predicted octanol–water partition coefficient (Wildman–Crippen LogP) is 11.5. The van der Waals surface area contributed by atoms with E-state index < -0.39 is 0 Å². The number of hydrogen-bond acceptors (Lipinski definition) is 2. The van der Waals surface area contributed by atoms with Crippen molar-refractivity contribution in [2.75, 3.05) is 0 Å². The summed E-state index contributed by atoms with van der Waals surface area (Å²) in [4.78, 5) is 3.91. The molecule has 0 N–H and O–H groups in total. The second-order valence-electron chi connectivity index (χ2n) is 12.3. The van der Waals surface area contributed by atoms with E-state index in [1.54, 1.807) is 0 Å². The number of rotatable bonds is 4. The number of aromatic nitrogens is 2. The molecular weight excluding hydrogens is 611 g/mol. The Labute approximate surface area is 288 Å². The maximum atomic E-state index is 10.1. The van der Waals surface area contributed by atoms with E-state index >= 15 is 0 Å². The first-order valence-corrected chi connectivity index (χ1v) is 16.3. The Kier molecular flexibility index (Phi) is 6.56. The standard InChI is InChI=1S/C45H25N5/c1-48-32-24-31(25-33(26-32)49-41-14-6-5-13-38(41)40-23-30(28-47)19-21-45(40)49)39-22-29(27-46)18-20-34(39)35-10-2-7-15-42(35)50-43-16-8-3-11-36(43)37-12-4-9-17-44(37)50/h2-26H. The summed E-state index contributed by atoms with van der Waals surface area (Å²) in [5.74, 6) is 0. The normalized spacial score (nSPS) is 11.1. The monoisotopic (exact) mass is 635 g/mol. The van der Waals surface area contributed by atoms with E-state index in [2.05, 4.69) is 111 Å². The minimum atomic E-state index is 0.487. The topological polar surface area (TPSA) is 61.8 Å². The van der Waals surface area contributed by atoms with Crippen molar-refractivity contribution in [1.29, 1.82) is 10.5 Å². The highest BCUT2D eigenvalue weighted by molar-refractivity contribution is 6.11. The summed E-state index contributed by atoms with van der Waals surface area (Å²) in [6, 6.07) is 55.5. The molecule has 230 valence electrons. The van der Waals surface area contributed by atoms with Crippen LogP contribution >= 0.6 is 0 Å². The van der Waals surface area contributed by atoms with Gasteiger partial charge in [0.2, 0.25) is 0 Å². The Balaban J connectivity index is 1.32. The third-order valence-corrected chi connectivity index (χ3v) is 9.57. The Bertz CT molecular complexity index is 2920. The third-order valence-electron chi connectivity index (χ3n) is 9.57. The molecule has 9 rings (SSSR count). The van der Waals surface area contributed by atoms with Crippen LogP contribution in [-0.4, -0.2) is 9.13 Å². The first-order chi connectivity index (χ1) is 24.7. The van der Waals surface area contributed by atoms with Gasteiger partial charge in [-0.2, -0.15) is 10.5 Å². The second kappa shape index (κ2) is 11.4. The van der Waals surface area contributed by atoms with Crippen molar-refractivity contribution in [3.63, 3.8) is 0 Å². The molecule has 0 saturated heterocycles. The van der Waals surface area contributed by atoms with Crippen molar-refractivity contribution in [2.24, 2.45) is 0 Å². The Morgan fingerprint density at radius 2 is 1.02 bits per heavy atom. The van der Waals surface area contributed by atoms with Crippen LogP contribution in [-0.2, 0) is 0 Å². The Hall–Kier alpha value is -7.39. The summed E-state index contributed by atoms with van der Waals surface area (Å²) in [7, 11) is 0. The fourth-order valence-corrected chi connectivity index (χ4v) is 7.43. The van der Waals surface area contributed by atoms with Gasteiger partial charge in [-0.15, -0.1) is 0 Å². The van der Waals surface area contributed by atoms with Gasteiger partial charge in [-0.25, -0.2) is 4.85 Å².